The van der Waals surface area contributed by atoms with Crippen LogP contribution < -0.4 is 20.6 Å². The van der Waals surface area contributed by atoms with Crippen LogP contribution in [0.5, 0.6) is 11.5 Å². The Labute approximate surface area is 195 Å². The second kappa shape index (κ2) is 8.61. The Morgan fingerprint density at radius 2 is 1.56 bits per heavy atom. The van der Waals surface area contributed by atoms with Crippen molar-refractivity contribution in [3.8, 4) is 11.5 Å². The molecule has 1 atom stereocenters. The maximum atomic E-state index is 13.3. The second-order valence-electron chi connectivity index (χ2n) is 8.84. The minimum absolute atomic E-state index is 0.0519. The number of benzene rings is 1. The first-order valence-electron chi connectivity index (χ1n) is 11.7. The fourth-order valence-electron chi connectivity index (χ4n) is 4.68. The summed E-state index contributed by atoms with van der Waals surface area (Å²) < 4.78 is 20.4. The van der Waals surface area contributed by atoms with E-state index in [-0.39, 0.29) is 17.2 Å². The lowest BCUT2D eigenvalue weighted by atomic mass is 10.1. The molecular formula is C26H25N3O5. The molecule has 1 unspecified atom stereocenters. The van der Waals surface area contributed by atoms with Gasteiger partial charge in [0.1, 0.15) is 0 Å². The van der Waals surface area contributed by atoms with Gasteiger partial charge in [0.2, 0.25) is 0 Å². The van der Waals surface area contributed by atoms with E-state index in [1.165, 1.54) is 0 Å². The molecule has 5 heterocycles. The third kappa shape index (κ3) is 3.84. The van der Waals surface area contributed by atoms with Crippen LogP contribution in [0.4, 0.5) is 0 Å². The van der Waals surface area contributed by atoms with E-state index >= 15 is 0 Å². The summed E-state index contributed by atoms with van der Waals surface area (Å²) in [6.07, 6.45) is 6.36. The SMILES string of the molecule is O=c1c2cc3c(=O)n(CC4CCCO4)ccc3nc2ccn1Cc1ccc2c(c1)OCCCO2. The van der Waals surface area contributed by atoms with Gasteiger partial charge in [-0.05, 0) is 48.7 Å². The molecule has 8 heteroatoms. The summed E-state index contributed by atoms with van der Waals surface area (Å²) in [6.45, 7) is 2.86. The van der Waals surface area contributed by atoms with Crippen molar-refractivity contribution in [2.45, 2.75) is 38.5 Å². The molecule has 8 nitrogen and oxygen atoms in total. The van der Waals surface area contributed by atoms with Crippen molar-refractivity contribution in [2.75, 3.05) is 19.8 Å². The van der Waals surface area contributed by atoms with E-state index in [4.69, 9.17) is 14.2 Å². The molecule has 6 rings (SSSR count). The van der Waals surface area contributed by atoms with Crippen LogP contribution in [0.3, 0.4) is 0 Å². The van der Waals surface area contributed by atoms with Crippen molar-refractivity contribution in [1.29, 1.82) is 0 Å². The number of rotatable bonds is 4. The average molecular weight is 460 g/mol. The van der Waals surface area contributed by atoms with Gasteiger partial charge in [0.05, 0.1) is 54.2 Å². The van der Waals surface area contributed by atoms with Gasteiger partial charge < -0.3 is 23.3 Å². The molecule has 34 heavy (non-hydrogen) atoms. The van der Waals surface area contributed by atoms with Crippen LogP contribution >= 0.6 is 0 Å². The molecule has 4 aromatic rings. The Kier molecular flexibility index (Phi) is 5.30. The van der Waals surface area contributed by atoms with Crippen LogP contribution in [0.15, 0.2) is 58.4 Å². The van der Waals surface area contributed by atoms with Gasteiger partial charge in [-0.25, -0.2) is 4.98 Å². The van der Waals surface area contributed by atoms with Crippen molar-refractivity contribution >= 4 is 21.8 Å². The topological polar surface area (TPSA) is 84.6 Å². The highest BCUT2D eigenvalue weighted by Gasteiger charge is 2.18. The Morgan fingerprint density at radius 3 is 2.32 bits per heavy atom. The maximum Gasteiger partial charge on any atom is 0.260 e. The molecule has 0 aliphatic carbocycles. The summed E-state index contributed by atoms with van der Waals surface area (Å²) in [4.78, 5) is 31.1. The number of hydrogen-bond acceptors (Lipinski definition) is 6. The van der Waals surface area contributed by atoms with Crippen LogP contribution in [0, 0.1) is 0 Å². The van der Waals surface area contributed by atoms with Gasteiger partial charge >= 0.3 is 0 Å². The normalized spacial score (nSPS) is 17.8. The fraction of sp³-hybridized carbons (Fsp3) is 0.346. The van der Waals surface area contributed by atoms with Crippen LogP contribution in [-0.2, 0) is 17.8 Å². The molecule has 174 valence electrons. The van der Waals surface area contributed by atoms with Crippen LogP contribution in [0.2, 0.25) is 0 Å². The van der Waals surface area contributed by atoms with Crippen molar-refractivity contribution in [3.05, 3.63) is 75.1 Å². The summed E-state index contributed by atoms with van der Waals surface area (Å²) in [5.41, 5.74) is 1.75. The van der Waals surface area contributed by atoms with Gasteiger partial charge in [0.25, 0.3) is 11.1 Å². The summed E-state index contributed by atoms with van der Waals surface area (Å²) in [7, 11) is 0. The highest BCUT2D eigenvalue weighted by molar-refractivity contribution is 5.91. The van der Waals surface area contributed by atoms with Crippen LogP contribution in [0.1, 0.15) is 24.8 Å². The number of hydrogen-bond donors (Lipinski definition) is 0. The molecule has 2 aliphatic rings. The number of nitrogens with zero attached hydrogens (tertiary/aromatic N) is 3. The van der Waals surface area contributed by atoms with E-state index in [0.29, 0.717) is 53.9 Å². The zero-order chi connectivity index (χ0) is 23.1. The van der Waals surface area contributed by atoms with Gasteiger partial charge in [-0.2, -0.15) is 0 Å². The van der Waals surface area contributed by atoms with Crippen LogP contribution in [0.25, 0.3) is 21.8 Å². The van der Waals surface area contributed by atoms with E-state index in [1.807, 2.05) is 30.3 Å². The van der Waals surface area contributed by atoms with Gasteiger partial charge in [-0.1, -0.05) is 6.07 Å². The lowest BCUT2D eigenvalue weighted by Crippen LogP contribution is -2.26. The van der Waals surface area contributed by atoms with Crippen molar-refractivity contribution < 1.29 is 14.2 Å². The minimum Gasteiger partial charge on any atom is -0.490 e. The Balaban J connectivity index is 1.37. The quantitative estimate of drug-likeness (QED) is 0.436. The third-order valence-electron chi connectivity index (χ3n) is 6.48. The van der Waals surface area contributed by atoms with E-state index in [2.05, 4.69) is 4.98 Å². The minimum atomic E-state index is -0.187. The largest absolute Gasteiger partial charge is 0.490 e. The first-order chi connectivity index (χ1) is 16.7. The van der Waals surface area contributed by atoms with Gasteiger partial charge in [-0.15, -0.1) is 0 Å². The summed E-state index contributed by atoms with van der Waals surface area (Å²) in [6, 6.07) is 11.1. The average Bonchev–Trinajstić information content (AvgIpc) is 3.25. The smallest absolute Gasteiger partial charge is 0.260 e. The molecule has 2 aliphatic heterocycles. The van der Waals surface area contributed by atoms with Crippen molar-refractivity contribution in [3.63, 3.8) is 0 Å². The maximum absolute atomic E-state index is 13.3. The molecule has 1 fully saturated rings. The lowest BCUT2D eigenvalue weighted by molar-refractivity contribution is 0.0963. The Hall–Kier alpha value is -3.65. The highest BCUT2D eigenvalue weighted by atomic mass is 16.5. The van der Waals surface area contributed by atoms with Gasteiger partial charge in [0.15, 0.2) is 11.5 Å². The third-order valence-corrected chi connectivity index (χ3v) is 6.48. The predicted molar refractivity (Wildman–Crippen MR) is 128 cm³/mol. The number of fused-ring (bicyclic) bond motifs is 3. The standard InChI is InChI=1S/C26H25N3O5/c30-25-19-14-20-22(7-9-29(26(20)31)16-18-3-1-10-32-18)27-21(19)6-8-28(25)15-17-4-5-23-24(13-17)34-12-2-11-33-23/h4-9,13-14,18H,1-3,10-12,15-16H2. The van der Waals surface area contributed by atoms with Gasteiger partial charge in [-0.3, -0.25) is 9.59 Å². The molecular weight excluding hydrogens is 434 g/mol. The molecule has 1 aromatic carbocycles. The fourth-order valence-corrected chi connectivity index (χ4v) is 4.68. The zero-order valence-electron chi connectivity index (χ0n) is 18.7. The van der Waals surface area contributed by atoms with Crippen molar-refractivity contribution in [2.24, 2.45) is 0 Å². The Bertz CT molecular complexity index is 1500. The Morgan fingerprint density at radius 1 is 0.824 bits per heavy atom. The summed E-state index contributed by atoms with van der Waals surface area (Å²) in [5, 5.41) is 0.870. The first kappa shape index (κ1) is 20.9. The molecule has 0 saturated carbocycles. The zero-order valence-corrected chi connectivity index (χ0v) is 18.7. The monoisotopic (exact) mass is 459 g/mol. The van der Waals surface area contributed by atoms with Crippen molar-refractivity contribution in [1.82, 2.24) is 14.1 Å². The number of ether oxygens (including phenoxy) is 3. The van der Waals surface area contributed by atoms with E-state index < -0.39 is 0 Å². The second-order valence-corrected chi connectivity index (χ2v) is 8.84. The summed E-state index contributed by atoms with van der Waals surface area (Å²) >= 11 is 0. The molecule has 0 bridgehead atoms. The number of aromatic nitrogens is 3. The summed E-state index contributed by atoms with van der Waals surface area (Å²) in [5.74, 6) is 1.42. The molecule has 0 radical (unpaired) electrons. The van der Waals surface area contributed by atoms with E-state index in [9.17, 15) is 9.59 Å². The lowest BCUT2D eigenvalue weighted by Gasteiger charge is -2.13. The van der Waals surface area contributed by atoms with E-state index in [1.54, 1.807) is 27.6 Å². The van der Waals surface area contributed by atoms with Crippen LogP contribution in [-0.4, -0.2) is 40.0 Å². The predicted octanol–water partition coefficient (Wildman–Crippen LogP) is 3.10. The molecule has 0 amide bonds. The van der Waals surface area contributed by atoms with E-state index in [0.717, 1.165) is 37.2 Å². The molecule has 0 spiro atoms. The van der Waals surface area contributed by atoms with Gasteiger partial charge in [0, 0.05) is 25.4 Å². The first-order valence-corrected chi connectivity index (χ1v) is 11.7. The highest BCUT2D eigenvalue weighted by Crippen LogP contribution is 2.30. The number of pyridine rings is 3. The molecule has 0 N–H and O–H groups in total. The molecule has 1 saturated heterocycles. The molecule has 3 aromatic heterocycles.